The number of nitrogens with two attached hydrogens (primary N) is 1. The lowest BCUT2D eigenvalue weighted by Crippen LogP contribution is -2.27. The maximum absolute atomic E-state index is 11.8. The Morgan fingerprint density at radius 2 is 2.31 bits per heavy atom. The quantitative estimate of drug-likeness (QED) is 0.821. The monoisotopic (exact) mass is 221 g/mol. The van der Waals surface area contributed by atoms with Crippen LogP contribution in [0.3, 0.4) is 0 Å². The Hall–Kier alpha value is -1.42. The van der Waals surface area contributed by atoms with Gasteiger partial charge in [0.2, 0.25) is 5.91 Å². The first-order valence-electron chi connectivity index (χ1n) is 5.54. The SMILES string of the molecule is CC(N)CCCC(=O)N(C)c1ccccn1. The van der Waals surface area contributed by atoms with Crippen molar-refractivity contribution in [2.24, 2.45) is 5.73 Å². The van der Waals surface area contributed by atoms with Crippen LogP contribution in [-0.2, 0) is 4.79 Å². The van der Waals surface area contributed by atoms with Crippen LogP contribution in [0.1, 0.15) is 26.2 Å². The van der Waals surface area contributed by atoms with Crippen molar-refractivity contribution in [3.8, 4) is 0 Å². The van der Waals surface area contributed by atoms with Gasteiger partial charge in [0.15, 0.2) is 0 Å². The molecular weight excluding hydrogens is 202 g/mol. The van der Waals surface area contributed by atoms with Gasteiger partial charge in [0.1, 0.15) is 5.82 Å². The third-order valence-corrected chi connectivity index (χ3v) is 2.42. The molecule has 0 bridgehead atoms. The minimum Gasteiger partial charge on any atom is -0.328 e. The second kappa shape index (κ2) is 6.23. The molecule has 0 aliphatic carbocycles. The molecule has 0 aromatic carbocycles. The molecule has 1 rings (SSSR count). The Labute approximate surface area is 96.5 Å². The average Bonchev–Trinajstić information content (AvgIpc) is 2.28. The van der Waals surface area contributed by atoms with E-state index in [4.69, 9.17) is 5.73 Å². The van der Waals surface area contributed by atoms with Crippen LogP contribution >= 0.6 is 0 Å². The summed E-state index contributed by atoms with van der Waals surface area (Å²) in [4.78, 5) is 17.5. The molecular formula is C12H19N3O. The summed E-state index contributed by atoms with van der Waals surface area (Å²) in [7, 11) is 1.75. The highest BCUT2D eigenvalue weighted by Gasteiger charge is 2.11. The van der Waals surface area contributed by atoms with E-state index in [-0.39, 0.29) is 11.9 Å². The van der Waals surface area contributed by atoms with Crippen LogP contribution in [-0.4, -0.2) is 24.0 Å². The standard InChI is InChI=1S/C12H19N3O/c1-10(13)6-5-8-12(16)15(2)11-7-3-4-9-14-11/h3-4,7,9-10H,5-6,8,13H2,1-2H3. The van der Waals surface area contributed by atoms with Crippen LogP contribution in [0.4, 0.5) is 5.82 Å². The topological polar surface area (TPSA) is 59.2 Å². The number of carbonyl (C=O) groups excluding carboxylic acids is 1. The highest BCUT2D eigenvalue weighted by molar-refractivity contribution is 5.91. The number of pyridine rings is 1. The van der Waals surface area contributed by atoms with Crippen molar-refractivity contribution in [3.05, 3.63) is 24.4 Å². The van der Waals surface area contributed by atoms with Crippen molar-refractivity contribution < 1.29 is 4.79 Å². The van der Waals surface area contributed by atoms with Gasteiger partial charge in [0, 0.05) is 25.7 Å². The minimum atomic E-state index is 0.0827. The van der Waals surface area contributed by atoms with E-state index in [9.17, 15) is 4.79 Å². The summed E-state index contributed by atoms with van der Waals surface area (Å²) in [5.74, 6) is 0.771. The lowest BCUT2D eigenvalue weighted by atomic mass is 10.1. The second-order valence-electron chi connectivity index (χ2n) is 4.01. The maximum Gasteiger partial charge on any atom is 0.227 e. The minimum absolute atomic E-state index is 0.0827. The molecule has 0 radical (unpaired) electrons. The number of aromatic nitrogens is 1. The van der Waals surface area contributed by atoms with Crippen molar-refractivity contribution in [1.82, 2.24) is 4.98 Å². The highest BCUT2D eigenvalue weighted by atomic mass is 16.2. The van der Waals surface area contributed by atoms with Gasteiger partial charge in [-0.25, -0.2) is 4.98 Å². The summed E-state index contributed by atoms with van der Waals surface area (Å²) in [6.45, 7) is 1.95. The second-order valence-corrected chi connectivity index (χ2v) is 4.01. The highest BCUT2D eigenvalue weighted by Crippen LogP contribution is 2.10. The van der Waals surface area contributed by atoms with E-state index in [1.807, 2.05) is 25.1 Å². The molecule has 1 heterocycles. The zero-order chi connectivity index (χ0) is 12.0. The Morgan fingerprint density at radius 3 is 2.88 bits per heavy atom. The molecule has 4 nitrogen and oxygen atoms in total. The van der Waals surface area contributed by atoms with Gasteiger partial charge in [-0.05, 0) is 31.9 Å². The van der Waals surface area contributed by atoms with E-state index in [1.165, 1.54) is 0 Å². The number of hydrogen-bond donors (Lipinski definition) is 1. The summed E-state index contributed by atoms with van der Waals surface area (Å²) < 4.78 is 0. The maximum atomic E-state index is 11.8. The molecule has 4 heteroatoms. The van der Waals surface area contributed by atoms with Gasteiger partial charge in [-0.2, -0.15) is 0 Å². The molecule has 0 spiro atoms. The summed E-state index contributed by atoms with van der Waals surface area (Å²) in [5, 5.41) is 0. The Bertz CT molecular complexity index is 324. The van der Waals surface area contributed by atoms with Gasteiger partial charge in [-0.1, -0.05) is 6.07 Å². The molecule has 0 saturated heterocycles. The molecule has 0 aliphatic rings. The lowest BCUT2D eigenvalue weighted by Gasteiger charge is -2.16. The largest absolute Gasteiger partial charge is 0.328 e. The number of amides is 1. The van der Waals surface area contributed by atoms with E-state index in [0.717, 1.165) is 12.8 Å². The van der Waals surface area contributed by atoms with E-state index in [0.29, 0.717) is 12.2 Å². The number of carbonyl (C=O) groups is 1. The van der Waals surface area contributed by atoms with Crippen molar-refractivity contribution in [2.45, 2.75) is 32.2 Å². The van der Waals surface area contributed by atoms with Gasteiger partial charge in [0.25, 0.3) is 0 Å². The Morgan fingerprint density at radius 1 is 1.56 bits per heavy atom. The van der Waals surface area contributed by atoms with Crippen LogP contribution < -0.4 is 10.6 Å². The van der Waals surface area contributed by atoms with E-state index in [2.05, 4.69) is 4.98 Å². The number of anilines is 1. The van der Waals surface area contributed by atoms with Gasteiger partial charge in [0.05, 0.1) is 0 Å². The molecule has 1 amide bonds. The van der Waals surface area contributed by atoms with Crippen LogP contribution in [0.25, 0.3) is 0 Å². The number of nitrogens with zero attached hydrogens (tertiary/aromatic N) is 2. The predicted molar refractivity (Wildman–Crippen MR) is 65.1 cm³/mol. The summed E-state index contributed by atoms with van der Waals surface area (Å²) in [6, 6.07) is 5.68. The van der Waals surface area contributed by atoms with Gasteiger partial charge in [-0.15, -0.1) is 0 Å². The van der Waals surface area contributed by atoms with Crippen molar-refractivity contribution in [2.75, 3.05) is 11.9 Å². The number of hydrogen-bond acceptors (Lipinski definition) is 3. The fourth-order valence-corrected chi connectivity index (χ4v) is 1.42. The molecule has 88 valence electrons. The third-order valence-electron chi connectivity index (χ3n) is 2.42. The fraction of sp³-hybridized carbons (Fsp3) is 0.500. The lowest BCUT2D eigenvalue weighted by molar-refractivity contribution is -0.118. The van der Waals surface area contributed by atoms with Crippen molar-refractivity contribution in [3.63, 3.8) is 0 Å². The zero-order valence-electron chi connectivity index (χ0n) is 9.89. The van der Waals surface area contributed by atoms with Crippen molar-refractivity contribution >= 4 is 11.7 Å². The normalized spacial score (nSPS) is 12.2. The van der Waals surface area contributed by atoms with Crippen LogP contribution in [0.5, 0.6) is 0 Å². The first kappa shape index (κ1) is 12.6. The zero-order valence-corrected chi connectivity index (χ0v) is 9.89. The summed E-state index contributed by atoms with van der Waals surface area (Å²) >= 11 is 0. The van der Waals surface area contributed by atoms with Gasteiger partial charge < -0.3 is 5.73 Å². The van der Waals surface area contributed by atoms with E-state index >= 15 is 0 Å². The van der Waals surface area contributed by atoms with Crippen LogP contribution in [0.15, 0.2) is 24.4 Å². The molecule has 0 fully saturated rings. The average molecular weight is 221 g/mol. The summed E-state index contributed by atoms with van der Waals surface area (Å²) in [5.41, 5.74) is 5.63. The molecule has 2 N–H and O–H groups in total. The van der Waals surface area contributed by atoms with Crippen LogP contribution in [0.2, 0.25) is 0 Å². The molecule has 1 unspecified atom stereocenters. The summed E-state index contributed by atoms with van der Waals surface area (Å²) in [6.07, 6.45) is 3.91. The van der Waals surface area contributed by atoms with Crippen molar-refractivity contribution in [1.29, 1.82) is 0 Å². The van der Waals surface area contributed by atoms with Gasteiger partial charge >= 0.3 is 0 Å². The third kappa shape index (κ3) is 3.98. The molecule has 0 saturated carbocycles. The molecule has 0 aliphatic heterocycles. The smallest absolute Gasteiger partial charge is 0.227 e. The molecule has 16 heavy (non-hydrogen) atoms. The molecule has 1 aromatic heterocycles. The van der Waals surface area contributed by atoms with E-state index in [1.54, 1.807) is 18.1 Å². The van der Waals surface area contributed by atoms with E-state index < -0.39 is 0 Å². The molecule has 1 aromatic rings. The first-order chi connectivity index (χ1) is 7.61. The van der Waals surface area contributed by atoms with Gasteiger partial charge in [-0.3, -0.25) is 9.69 Å². The fourth-order valence-electron chi connectivity index (χ4n) is 1.42. The Balaban J connectivity index is 2.43. The molecule has 1 atom stereocenters. The Kier molecular flexibility index (Phi) is 4.92. The number of rotatable bonds is 5. The van der Waals surface area contributed by atoms with Crippen LogP contribution in [0, 0.1) is 0 Å². The first-order valence-corrected chi connectivity index (χ1v) is 5.54. The predicted octanol–water partition coefficient (Wildman–Crippen LogP) is 1.56.